The monoisotopic (exact) mass is 250 g/mol. The molecule has 2 aliphatic rings. The highest BCUT2D eigenvalue weighted by molar-refractivity contribution is 5.95. The molecule has 0 spiro atoms. The number of hydrogen-bond acceptors (Lipinski definition) is 2. The van der Waals surface area contributed by atoms with Crippen molar-refractivity contribution in [3.8, 4) is 0 Å². The van der Waals surface area contributed by atoms with E-state index < -0.39 is 0 Å². The SMILES string of the molecule is C/C=C/CN1C(=O)CNC(=O)C1C1CCCCC1. The van der Waals surface area contributed by atoms with Crippen molar-refractivity contribution < 1.29 is 9.59 Å². The van der Waals surface area contributed by atoms with E-state index in [0.29, 0.717) is 12.5 Å². The third-order valence-electron chi connectivity index (χ3n) is 3.97. The molecule has 4 nitrogen and oxygen atoms in total. The second kappa shape index (κ2) is 6.03. The Morgan fingerprint density at radius 3 is 2.67 bits per heavy atom. The van der Waals surface area contributed by atoms with Crippen LogP contribution in [0.25, 0.3) is 0 Å². The van der Waals surface area contributed by atoms with Gasteiger partial charge in [-0.3, -0.25) is 9.59 Å². The van der Waals surface area contributed by atoms with Gasteiger partial charge >= 0.3 is 0 Å². The van der Waals surface area contributed by atoms with E-state index in [2.05, 4.69) is 5.32 Å². The van der Waals surface area contributed by atoms with Crippen molar-refractivity contribution in [3.63, 3.8) is 0 Å². The van der Waals surface area contributed by atoms with Gasteiger partial charge < -0.3 is 10.2 Å². The van der Waals surface area contributed by atoms with Crippen LogP contribution in [0, 0.1) is 5.92 Å². The smallest absolute Gasteiger partial charge is 0.243 e. The summed E-state index contributed by atoms with van der Waals surface area (Å²) in [7, 11) is 0. The summed E-state index contributed by atoms with van der Waals surface area (Å²) in [5, 5.41) is 2.73. The van der Waals surface area contributed by atoms with Crippen molar-refractivity contribution in [1.29, 1.82) is 0 Å². The van der Waals surface area contributed by atoms with E-state index in [4.69, 9.17) is 0 Å². The van der Waals surface area contributed by atoms with Crippen LogP contribution >= 0.6 is 0 Å². The lowest BCUT2D eigenvalue weighted by molar-refractivity contribution is -0.147. The third-order valence-corrected chi connectivity index (χ3v) is 3.97. The Hall–Kier alpha value is -1.32. The standard InChI is InChI=1S/C14H22N2O2/c1-2-3-9-16-12(17)10-15-14(18)13(16)11-7-5-4-6-8-11/h2-3,11,13H,4-10H2,1H3,(H,15,18)/b3-2+. The number of allylic oxidation sites excluding steroid dienone is 1. The molecule has 1 saturated carbocycles. The minimum absolute atomic E-state index is 0.0333. The average molecular weight is 250 g/mol. The van der Waals surface area contributed by atoms with E-state index in [1.165, 1.54) is 19.3 Å². The number of amides is 2. The van der Waals surface area contributed by atoms with Crippen LogP contribution < -0.4 is 5.32 Å². The highest BCUT2D eigenvalue weighted by Crippen LogP contribution is 2.30. The number of piperazine rings is 1. The van der Waals surface area contributed by atoms with Crippen LogP contribution in [0.2, 0.25) is 0 Å². The molecular formula is C14H22N2O2. The van der Waals surface area contributed by atoms with Crippen LogP contribution in [0.5, 0.6) is 0 Å². The zero-order chi connectivity index (χ0) is 13.0. The van der Waals surface area contributed by atoms with Crippen molar-refractivity contribution in [2.45, 2.75) is 45.1 Å². The molecule has 0 aromatic rings. The summed E-state index contributed by atoms with van der Waals surface area (Å²) in [5.41, 5.74) is 0. The average Bonchev–Trinajstić information content (AvgIpc) is 2.40. The summed E-state index contributed by atoms with van der Waals surface area (Å²) in [4.78, 5) is 25.8. The van der Waals surface area contributed by atoms with Crippen molar-refractivity contribution >= 4 is 11.8 Å². The number of carbonyl (C=O) groups excluding carboxylic acids is 2. The largest absolute Gasteiger partial charge is 0.345 e. The predicted molar refractivity (Wildman–Crippen MR) is 69.9 cm³/mol. The fourth-order valence-electron chi connectivity index (χ4n) is 3.02. The van der Waals surface area contributed by atoms with Gasteiger partial charge in [-0.05, 0) is 25.7 Å². The summed E-state index contributed by atoms with van der Waals surface area (Å²) in [6.45, 7) is 2.65. The zero-order valence-electron chi connectivity index (χ0n) is 11.0. The molecule has 1 unspecified atom stereocenters. The lowest BCUT2D eigenvalue weighted by Gasteiger charge is -2.40. The molecule has 1 atom stereocenters. The summed E-state index contributed by atoms with van der Waals surface area (Å²) in [6.07, 6.45) is 9.63. The number of nitrogens with one attached hydrogen (secondary N) is 1. The molecule has 18 heavy (non-hydrogen) atoms. The Kier molecular flexibility index (Phi) is 4.39. The number of nitrogens with zero attached hydrogens (tertiary/aromatic N) is 1. The van der Waals surface area contributed by atoms with Gasteiger partial charge in [0.05, 0.1) is 6.54 Å². The summed E-state index contributed by atoms with van der Waals surface area (Å²) < 4.78 is 0. The number of hydrogen-bond donors (Lipinski definition) is 1. The number of carbonyl (C=O) groups is 2. The first kappa shape index (κ1) is 13.1. The quantitative estimate of drug-likeness (QED) is 0.771. The van der Waals surface area contributed by atoms with Gasteiger partial charge in [0, 0.05) is 6.54 Å². The lowest BCUT2D eigenvalue weighted by Crippen LogP contribution is -2.61. The maximum absolute atomic E-state index is 12.1. The predicted octanol–water partition coefficient (Wildman–Crippen LogP) is 1.47. The fraction of sp³-hybridized carbons (Fsp3) is 0.714. The van der Waals surface area contributed by atoms with Gasteiger partial charge in [0.1, 0.15) is 6.04 Å². The second-order valence-corrected chi connectivity index (χ2v) is 5.18. The Morgan fingerprint density at radius 1 is 1.28 bits per heavy atom. The first-order chi connectivity index (χ1) is 8.74. The first-order valence-corrected chi connectivity index (χ1v) is 6.92. The Balaban J connectivity index is 2.13. The molecule has 0 radical (unpaired) electrons. The Bertz CT molecular complexity index is 346. The van der Waals surface area contributed by atoms with Crippen molar-refractivity contribution in [3.05, 3.63) is 12.2 Å². The maximum Gasteiger partial charge on any atom is 0.243 e. The Morgan fingerprint density at radius 2 is 2.00 bits per heavy atom. The van der Waals surface area contributed by atoms with E-state index in [1.54, 1.807) is 4.90 Å². The van der Waals surface area contributed by atoms with Crippen LogP contribution in [-0.2, 0) is 9.59 Å². The summed E-state index contributed by atoms with van der Waals surface area (Å²) >= 11 is 0. The summed E-state index contributed by atoms with van der Waals surface area (Å²) in [5.74, 6) is 0.419. The molecule has 1 aliphatic carbocycles. The molecule has 2 rings (SSSR count). The van der Waals surface area contributed by atoms with Crippen molar-refractivity contribution in [2.24, 2.45) is 5.92 Å². The van der Waals surface area contributed by atoms with Gasteiger partial charge in [0.15, 0.2) is 0 Å². The molecule has 0 aromatic carbocycles. The molecule has 1 aliphatic heterocycles. The van der Waals surface area contributed by atoms with Crippen LogP contribution in [-0.4, -0.2) is 35.8 Å². The molecule has 1 heterocycles. The molecule has 2 amide bonds. The molecule has 0 aromatic heterocycles. The first-order valence-electron chi connectivity index (χ1n) is 6.92. The van der Waals surface area contributed by atoms with E-state index in [1.807, 2.05) is 19.1 Å². The van der Waals surface area contributed by atoms with Crippen LogP contribution in [0.3, 0.4) is 0 Å². The van der Waals surface area contributed by atoms with Crippen LogP contribution in [0.1, 0.15) is 39.0 Å². The van der Waals surface area contributed by atoms with Gasteiger partial charge in [-0.15, -0.1) is 0 Å². The highest BCUT2D eigenvalue weighted by atomic mass is 16.2. The maximum atomic E-state index is 12.1. The molecule has 1 N–H and O–H groups in total. The van der Waals surface area contributed by atoms with Crippen LogP contribution in [0.15, 0.2) is 12.2 Å². The highest BCUT2D eigenvalue weighted by Gasteiger charge is 2.39. The minimum Gasteiger partial charge on any atom is -0.345 e. The van der Waals surface area contributed by atoms with Crippen molar-refractivity contribution in [2.75, 3.05) is 13.1 Å². The van der Waals surface area contributed by atoms with Crippen molar-refractivity contribution in [1.82, 2.24) is 10.2 Å². The van der Waals surface area contributed by atoms with Gasteiger partial charge in [0.25, 0.3) is 0 Å². The topological polar surface area (TPSA) is 49.4 Å². The van der Waals surface area contributed by atoms with E-state index in [-0.39, 0.29) is 24.4 Å². The minimum atomic E-state index is -0.247. The van der Waals surface area contributed by atoms with Gasteiger partial charge in [-0.2, -0.15) is 0 Å². The number of rotatable bonds is 3. The molecule has 2 fully saturated rings. The molecule has 0 bridgehead atoms. The fourth-order valence-corrected chi connectivity index (χ4v) is 3.02. The van der Waals surface area contributed by atoms with Gasteiger partial charge in [0.2, 0.25) is 11.8 Å². The Labute approximate surface area is 108 Å². The third kappa shape index (κ3) is 2.74. The lowest BCUT2D eigenvalue weighted by atomic mass is 9.82. The molecule has 100 valence electrons. The van der Waals surface area contributed by atoms with Crippen LogP contribution in [0.4, 0.5) is 0 Å². The molecule has 1 saturated heterocycles. The second-order valence-electron chi connectivity index (χ2n) is 5.18. The van der Waals surface area contributed by atoms with E-state index >= 15 is 0 Å². The van der Waals surface area contributed by atoms with Gasteiger partial charge in [-0.1, -0.05) is 31.4 Å². The van der Waals surface area contributed by atoms with Gasteiger partial charge in [-0.25, -0.2) is 0 Å². The normalized spacial score (nSPS) is 26.7. The summed E-state index contributed by atoms with van der Waals surface area (Å²) in [6, 6.07) is -0.247. The molecule has 4 heteroatoms. The molecular weight excluding hydrogens is 228 g/mol. The van der Waals surface area contributed by atoms with E-state index in [9.17, 15) is 9.59 Å². The zero-order valence-corrected chi connectivity index (χ0v) is 11.0. The van der Waals surface area contributed by atoms with E-state index in [0.717, 1.165) is 12.8 Å².